The zero-order valence-electron chi connectivity index (χ0n) is 14.7. The van der Waals surface area contributed by atoms with Crippen LogP contribution in [0.4, 0.5) is 8.78 Å². The molecule has 2 heterocycles. The SMILES string of the molecule is CSc1ncc(CN2C=C(Br)C(OCc3ccc(F)cc3F)=NC2C)cn1. The van der Waals surface area contributed by atoms with Gasteiger partial charge < -0.3 is 9.64 Å². The average Bonchev–Trinajstić information content (AvgIpc) is 2.65. The number of aromatic nitrogens is 2. The van der Waals surface area contributed by atoms with Gasteiger partial charge in [-0.15, -0.1) is 0 Å². The van der Waals surface area contributed by atoms with Crippen molar-refractivity contribution in [2.45, 2.75) is 31.4 Å². The molecule has 0 fully saturated rings. The van der Waals surface area contributed by atoms with Crippen molar-refractivity contribution in [3.63, 3.8) is 0 Å². The van der Waals surface area contributed by atoms with Crippen LogP contribution >= 0.6 is 27.7 Å². The molecule has 0 saturated carbocycles. The monoisotopic (exact) mass is 454 g/mol. The highest BCUT2D eigenvalue weighted by atomic mass is 79.9. The highest BCUT2D eigenvalue weighted by Gasteiger charge is 2.21. The summed E-state index contributed by atoms with van der Waals surface area (Å²) < 4.78 is 33.0. The molecule has 1 unspecified atom stereocenters. The van der Waals surface area contributed by atoms with E-state index in [0.29, 0.717) is 16.9 Å². The second kappa shape index (κ2) is 8.79. The summed E-state index contributed by atoms with van der Waals surface area (Å²) >= 11 is 4.93. The summed E-state index contributed by atoms with van der Waals surface area (Å²) in [6, 6.07) is 3.39. The topological polar surface area (TPSA) is 50.6 Å². The Labute approximate surface area is 168 Å². The Kier molecular flexibility index (Phi) is 6.43. The molecule has 1 aliphatic heterocycles. The van der Waals surface area contributed by atoms with Crippen LogP contribution in [0.2, 0.25) is 0 Å². The predicted molar refractivity (Wildman–Crippen MR) is 104 cm³/mol. The van der Waals surface area contributed by atoms with Crippen LogP contribution in [0, 0.1) is 11.6 Å². The highest BCUT2D eigenvalue weighted by Crippen LogP contribution is 2.23. The molecule has 1 aliphatic rings. The van der Waals surface area contributed by atoms with Crippen molar-refractivity contribution in [3.05, 3.63) is 64.0 Å². The van der Waals surface area contributed by atoms with Gasteiger partial charge in [-0.05, 0) is 41.2 Å². The van der Waals surface area contributed by atoms with E-state index >= 15 is 0 Å². The zero-order chi connectivity index (χ0) is 19.4. The van der Waals surface area contributed by atoms with Crippen molar-refractivity contribution in [3.8, 4) is 0 Å². The Morgan fingerprint density at radius 3 is 2.67 bits per heavy atom. The van der Waals surface area contributed by atoms with Gasteiger partial charge in [-0.2, -0.15) is 0 Å². The van der Waals surface area contributed by atoms with Crippen LogP contribution in [-0.4, -0.2) is 33.2 Å². The van der Waals surface area contributed by atoms with E-state index < -0.39 is 11.6 Å². The minimum absolute atomic E-state index is 0.0371. The van der Waals surface area contributed by atoms with Gasteiger partial charge in [0, 0.05) is 42.3 Å². The van der Waals surface area contributed by atoms with E-state index in [1.165, 1.54) is 23.9 Å². The number of halogens is 3. The molecule has 27 heavy (non-hydrogen) atoms. The van der Waals surface area contributed by atoms with Crippen LogP contribution in [0.1, 0.15) is 18.1 Å². The molecular formula is C18H17BrF2N4OS. The first kappa shape index (κ1) is 19.8. The quantitative estimate of drug-likeness (QED) is 0.491. The summed E-state index contributed by atoms with van der Waals surface area (Å²) in [5.41, 5.74) is 1.23. The van der Waals surface area contributed by atoms with Crippen LogP contribution in [0.3, 0.4) is 0 Å². The molecule has 0 saturated heterocycles. The number of hydrogen-bond donors (Lipinski definition) is 0. The van der Waals surface area contributed by atoms with Gasteiger partial charge in [0.2, 0.25) is 5.90 Å². The van der Waals surface area contributed by atoms with Gasteiger partial charge in [-0.25, -0.2) is 23.7 Å². The number of benzene rings is 1. The van der Waals surface area contributed by atoms with Gasteiger partial charge in [0.1, 0.15) is 24.4 Å². The van der Waals surface area contributed by atoms with Crippen molar-refractivity contribution in [2.75, 3.05) is 6.26 Å². The Balaban J connectivity index is 1.64. The lowest BCUT2D eigenvalue weighted by Crippen LogP contribution is -2.32. The van der Waals surface area contributed by atoms with Gasteiger partial charge in [-0.3, -0.25) is 0 Å². The first-order valence-corrected chi connectivity index (χ1v) is 10.1. The lowest BCUT2D eigenvalue weighted by Gasteiger charge is -2.29. The molecule has 0 spiro atoms. The van der Waals surface area contributed by atoms with Gasteiger partial charge in [0.05, 0.1) is 4.48 Å². The van der Waals surface area contributed by atoms with Crippen molar-refractivity contribution < 1.29 is 13.5 Å². The summed E-state index contributed by atoms with van der Waals surface area (Å²) in [7, 11) is 0. The maximum atomic E-state index is 13.7. The standard InChI is InChI=1S/C18H17BrF2N4OS/c1-11-24-17(26-10-13-3-4-14(20)5-16(13)21)15(19)9-25(11)8-12-6-22-18(27-2)23-7-12/h3-7,9,11H,8,10H2,1-2H3. The number of rotatable bonds is 5. The summed E-state index contributed by atoms with van der Waals surface area (Å²) in [6.45, 7) is 2.48. The fourth-order valence-corrected chi connectivity index (χ4v) is 3.22. The van der Waals surface area contributed by atoms with Crippen molar-refractivity contribution >= 4 is 33.6 Å². The van der Waals surface area contributed by atoms with Crippen LogP contribution in [0.5, 0.6) is 0 Å². The number of thioether (sulfide) groups is 1. The number of aliphatic imine (C=N–C) groups is 1. The summed E-state index contributed by atoms with van der Waals surface area (Å²) in [6.07, 6.45) is 7.20. The van der Waals surface area contributed by atoms with E-state index in [1.807, 2.05) is 24.3 Å². The van der Waals surface area contributed by atoms with Crippen LogP contribution in [0.15, 0.2) is 51.4 Å². The van der Waals surface area contributed by atoms with Crippen LogP contribution in [0.25, 0.3) is 0 Å². The second-order valence-electron chi connectivity index (χ2n) is 5.82. The lowest BCUT2D eigenvalue weighted by atomic mass is 10.2. The summed E-state index contributed by atoms with van der Waals surface area (Å²) in [4.78, 5) is 15.0. The maximum Gasteiger partial charge on any atom is 0.227 e. The first-order valence-electron chi connectivity index (χ1n) is 8.09. The van der Waals surface area contributed by atoms with E-state index in [-0.39, 0.29) is 18.3 Å². The number of ether oxygens (including phenoxy) is 1. The third-order valence-corrected chi connectivity index (χ3v) is 5.00. The van der Waals surface area contributed by atoms with E-state index in [2.05, 4.69) is 30.9 Å². The fraction of sp³-hybridized carbons (Fsp3) is 0.278. The van der Waals surface area contributed by atoms with E-state index in [4.69, 9.17) is 4.74 Å². The molecule has 5 nitrogen and oxygen atoms in total. The molecule has 1 aromatic heterocycles. The molecule has 3 rings (SSSR count). The Morgan fingerprint density at radius 1 is 1.26 bits per heavy atom. The van der Waals surface area contributed by atoms with Crippen molar-refractivity contribution in [2.24, 2.45) is 4.99 Å². The molecule has 0 amide bonds. The molecule has 0 aliphatic carbocycles. The van der Waals surface area contributed by atoms with Gasteiger partial charge in [0.25, 0.3) is 0 Å². The smallest absolute Gasteiger partial charge is 0.227 e. The van der Waals surface area contributed by atoms with Gasteiger partial charge >= 0.3 is 0 Å². The largest absolute Gasteiger partial charge is 0.472 e. The first-order chi connectivity index (χ1) is 13.0. The number of nitrogens with zero attached hydrogens (tertiary/aromatic N) is 4. The molecule has 1 aromatic carbocycles. The lowest BCUT2D eigenvalue weighted by molar-refractivity contribution is 0.250. The summed E-state index contributed by atoms with van der Waals surface area (Å²) in [5, 5.41) is 0.726. The Bertz CT molecular complexity index is 876. The second-order valence-corrected chi connectivity index (χ2v) is 7.45. The maximum absolute atomic E-state index is 13.7. The van der Waals surface area contributed by atoms with Crippen LogP contribution in [-0.2, 0) is 17.9 Å². The third kappa shape index (κ3) is 5.04. The predicted octanol–water partition coefficient (Wildman–Crippen LogP) is 4.49. The Hall–Kier alpha value is -2.00. The van der Waals surface area contributed by atoms with E-state index in [9.17, 15) is 8.78 Å². The summed E-state index contributed by atoms with van der Waals surface area (Å²) in [5.74, 6) is -0.891. The average molecular weight is 455 g/mol. The molecule has 2 aromatic rings. The Morgan fingerprint density at radius 2 is 2.00 bits per heavy atom. The van der Waals surface area contributed by atoms with Crippen molar-refractivity contribution in [1.29, 1.82) is 0 Å². The minimum atomic E-state index is -0.644. The van der Waals surface area contributed by atoms with Crippen molar-refractivity contribution in [1.82, 2.24) is 14.9 Å². The van der Waals surface area contributed by atoms with Gasteiger partial charge in [-0.1, -0.05) is 11.8 Å². The molecular weight excluding hydrogens is 438 g/mol. The van der Waals surface area contributed by atoms with E-state index in [1.54, 1.807) is 12.4 Å². The fourth-order valence-electron chi connectivity index (χ4n) is 2.42. The number of hydrogen-bond acceptors (Lipinski definition) is 6. The minimum Gasteiger partial charge on any atom is -0.472 e. The zero-order valence-corrected chi connectivity index (χ0v) is 17.1. The van der Waals surface area contributed by atoms with Crippen LogP contribution < -0.4 is 0 Å². The molecule has 0 radical (unpaired) electrons. The van der Waals surface area contributed by atoms with E-state index in [0.717, 1.165) is 16.8 Å². The normalized spacial score (nSPS) is 16.8. The molecule has 0 N–H and O–H groups in total. The third-order valence-electron chi connectivity index (χ3n) is 3.88. The molecule has 0 bridgehead atoms. The molecule has 9 heteroatoms. The molecule has 1 atom stereocenters. The van der Waals surface area contributed by atoms with Gasteiger partial charge in [0.15, 0.2) is 5.16 Å². The molecule has 142 valence electrons. The highest BCUT2D eigenvalue weighted by molar-refractivity contribution is 9.12.